The van der Waals surface area contributed by atoms with Crippen LogP contribution in [0.25, 0.3) is 0 Å². The van der Waals surface area contributed by atoms with Crippen LogP contribution in [0.15, 0.2) is 12.1 Å². The van der Waals surface area contributed by atoms with Crippen molar-refractivity contribution in [1.29, 1.82) is 0 Å². The minimum atomic E-state index is -0.981. The van der Waals surface area contributed by atoms with Crippen molar-refractivity contribution in [3.05, 3.63) is 29.3 Å². The van der Waals surface area contributed by atoms with Crippen molar-refractivity contribution in [2.24, 2.45) is 5.73 Å². The zero-order valence-corrected chi connectivity index (χ0v) is 6.87. The third-order valence-electron chi connectivity index (χ3n) is 1.31. The highest BCUT2D eigenvalue weighted by Crippen LogP contribution is 2.20. The molecular weight excluding hydrogens is 188 g/mol. The van der Waals surface area contributed by atoms with Gasteiger partial charge in [0.1, 0.15) is 0 Å². The fraction of sp³-hybridized carbons (Fsp3) is 0.143. The average Bonchev–Trinajstić information content (AvgIpc) is 1.99. The number of phenolic OH excluding ortho intramolecular Hbond substituents is 1. The fourth-order valence-corrected chi connectivity index (χ4v) is 0.736. The molecule has 1 aromatic rings. The first-order chi connectivity index (χ1) is 5.15. The molecule has 0 heterocycles. The van der Waals surface area contributed by atoms with Crippen molar-refractivity contribution in [3.8, 4) is 5.75 Å². The number of rotatable bonds is 1. The molecule has 0 fully saturated rings. The number of phenols is 1. The summed E-state index contributed by atoms with van der Waals surface area (Å²) in [6.07, 6.45) is 0. The molecule has 0 bridgehead atoms. The van der Waals surface area contributed by atoms with E-state index in [0.717, 1.165) is 12.1 Å². The molecule has 68 valence electrons. The molecule has 1 aromatic carbocycles. The summed E-state index contributed by atoms with van der Waals surface area (Å²) >= 11 is 0. The molecule has 3 N–H and O–H groups in total. The van der Waals surface area contributed by atoms with Crippen LogP contribution in [0.5, 0.6) is 5.75 Å². The lowest BCUT2D eigenvalue weighted by Gasteiger charge is -1.99. The molecule has 2 nitrogen and oxygen atoms in total. The Kier molecular flexibility index (Phi) is 3.92. The first kappa shape index (κ1) is 11.1. The molecule has 0 amide bonds. The maximum Gasteiger partial charge on any atom is 0.187 e. The van der Waals surface area contributed by atoms with E-state index < -0.39 is 17.4 Å². The van der Waals surface area contributed by atoms with Crippen LogP contribution < -0.4 is 5.73 Å². The van der Waals surface area contributed by atoms with Crippen LogP contribution in [0.4, 0.5) is 8.78 Å². The summed E-state index contributed by atoms with van der Waals surface area (Å²) in [6, 6.07) is 2.00. The van der Waals surface area contributed by atoms with Crippen molar-refractivity contribution in [3.63, 3.8) is 0 Å². The Balaban J connectivity index is 0.00000121. The van der Waals surface area contributed by atoms with Gasteiger partial charge < -0.3 is 10.8 Å². The lowest BCUT2D eigenvalue weighted by molar-refractivity contribution is 0.395. The van der Waals surface area contributed by atoms with Gasteiger partial charge in [0, 0.05) is 6.54 Å². The van der Waals surface area contributed by atoms with E-state index in [1.807, 2.05) is 0 Å². The number of nitrogens with two attached hydrogens (primary N) is 1. The normalized spacial score (nSPS) is 9.25. The van der Waals surface area contributed by atoms with E-state index in [1.165, 1.54) is 0 Å². The molecule has 0 unspecified atom stereocenters. The Hall–Kier alpha value is -0.870. The van der Waals surface area contributed by atoms with E-state index in [4.69, 9.17) is 10.8 Å². The minimum absolute atomic E-state index is 0. The van der Waals surface area contributed by atoms with E-state index in [2.05, 4.69) is 0 Å². The van der Waals surface area contributed by atoms with Crippen molar-refractivity contribution in [2.75, 3.05) is 0 Å². The predicted octanol–water partition coefficient (Wildman–Crippen LogP) is 1.55. The summed E-state index contributed by atoms with van der Waals surface area (Å²) < 4.78 is 25.0. The van der Waals surface area contributed by atoms with Crippen LogP contribution in [0.1, 0.15) is 5.56 Å². The predicted molar refractivity (Wildman–Crippen MR) is 43.2 cm³/mol. The monoisotopic (exact) mass is 195 g/mol. The molecule has 0 spiro atoms. The lowest BCUT2D eigenvalue weighted by Crippen LogP contribution is -1.98. The molecule has 1 rings (SSSR count). The summed E-state index contributed by atoms with van der Waals surface area (Å²) in [6.45, 7) is 0.0497. The fourth-order valence-electron chi connectivity index (χ4n) is 0.736. The van der Waals surface area contributed by atoms with Crippen LogP contribution in [0, 0.1) is 11.6 Å². The van der Waals surface area contributed by atoms with E-state index in [-0.39, 0.29) is 19.0 Å². The molecule has 0 saturated heterocycles. The Bertz CT molecular complexity index is 257. The largest absolute Gasteiger partial charge is 0.503 e. The Morgan fingerprint density at radius 2 is 1.67 bits per heavy atom. The zero-order valence-electron chi connectivity index (χ0n) is 6.05. The minimum Gasteiger partial charge on any atom is -0.503 e. The number of hydrogen-bond donors (Lipinski definition) is 2. The SMILES string of the molecule is Cl.NCc1cc(F)c(O)c(F)c1. The Morgan fingerprint density at radius 1 is 1.25 bits per heavy atom. The molecule has 0 aliphatic carbocycles. The van der Waals surface area contributed by atoms with Crippen LogP contribution in [-0.4, -0.2) is 5.11 Å². The maximum absolute atomic E-state index is 12.5. The maximum atomic E-state index is 12.5. The quantitative estimate of drug-likeness (QED) is 0.714. The average molecular weight is 196 g/mol. The van der Waals surface area contributed by atoms with E-state index in [1.54, 1.807) is 0 Å². The number of hydrogen-bond acceptors (Lipinski definition) is 2. The number of halogens is 3. The van der Waals surface area contributed by atoms with Gasteiger partial charge in [0.05, 0.1) is 0 Å². The van der Waals surface area contributed by atoms with Gasteiger partial charge in [-0.25, -0.2) is 8.78 Å². The molecule has 0 radical (unpaired) electrons. The highest BCUT2D eigenvalue weighted by molar-refractivity contribution is 5.85. The molecule has 12 heavy (non-hydrogen) atoms. The van der Waals surface area contributed by atoms with Crippen molar-refractivity contribution in [1.82, 2.24) is 0 Å². The molecule has 5 heteroatoms. The van der Waals surface area contributed by atoms with Crippen molar-refractivity contribution < 1.29 is 13.9 Å². The second-order valence-electron chi connectivity index (χ2n) is 2.11. The summed E-state index contributed by atoms with van der Waals surface area (Å²) in [5, 5.41) is 8.64. The van der Waals surface area contributed by atoms with E-state index in [0.29, 0.717) is 5.56 Å². The summed E-state index contributed by atoms with van der Waals surface area (Å²) in [5.74, 6) is -2.92. The van der Waals surface area contributed by atoms with Gasteiger partial charge in [-0.2, -0.15) is 0 Å². The van der Waals surface area contributed by atoms with Gasteiger partial charge in [0.15, 0.2) is 17.4 Å². The van der Waals surface area contributed by atoms with Crippen molar-refractivity contribution >= 4 is 12.4 Å². The van der Waals surface area contributed by atoms with Gasteiger partial charge in [-0.1, -0.05) is 0 Å². The first-order valence-electron chi connectivity index (χ1n) is 3.02. The smallest absolute Gasteiger partial charge is 0.187 e. The zero-order chi connectivity index (χ0) is 8.43. The third kappa shape index (κ3) is 2.06. The third-order valence-corrected chi connectivity index (χ3v) is 1.31. The standard InChI is InChI=1S/C7H7F2NO.ClH/c8-5-1-4(3-10)2-6(9)7(5)11;/h1-2,11H,3,10H2;1H. The van der Waals surface area contributed by atoms with E-state index in [9.17, 15) is 8.78 Å². The van der Waals surface area contributed by atoms with Crippen molar-refractivity contribution in [2.45, 2.75) is 6.54 Å². The Labute approximate surface area is 74.4 Å². The second kappa shape index (κ2) is 4.23. The van der Waals surface area contributed by atoms with Crippen LogP contribution in [-0.2, 0) is 6.54 Å². The van der Waals surface area contributed by atoms with Gasteiger partial charge in [-0.15, -0.1) is 12.4 Å². The first-order valence-corrected chi connectivity index (χ1v) is 3.02. The van der Waals surface area contributed by atoms with Crippen LogP contribution in [0.3, 0.4) is 0 Å². The lowest BCUT2D eigenvalue weighted by atomic mass is 10.2. The summed E-state index contributed by atoms with van der Waals surface area (Å²) in [7, 11) is 0. The van der Waals surface area contributed by atoms with Crippen LogP contribution >= 0.6 is 12.4 Å². The van der Waals surface area contributed by atoms with Gasteiger partial charge in [-0.3, -0.25) is 0 Å². The molecule has 0 aliphatic heterocycles. The molecule has 0 atom stereocenters. The molecule has 0 aromatic heterocycles. The molecular formula is C7H8ClF2NO. The number of aromatic hydroxyl groups is 1. The molecule has 0 saturated carbocycles. The van der Waals surface area contributed by atoms with Gasteiger partial charge >= 0.3 is 0 Å². The van der Waals surface area contributed by atoms with Gasteiger partial charge in [0.25, 0.3) is 0 Å². The topological polar surface area (TPSA) is 46.2 Å². The number of benzene rings is 1. The second-order valence-corrected chi connectivity index (χ2v) is 2.11. The van der Waals surface area contributed by atoms with Crippen LogP contribution in [0.2, 0.25) is 0 Å². The Morgan fingerprint density at radius 3 is 2.00 bits per heavy atom. The van der Waals surface area contributed by atoms with Gasteiger partial charge in [-0.05, 0) is 17.7 Å². The highest BCUT2D eigenvalue weighted by atomic mass is 35.5. The van der Waals surface area contributed by atoms with Gasteiger partial charge in [0.2, 0.25) is 0 Å². The summed E-state index contributed by atoms with van der Waals surface area (Å²) in [5.41, 5.74) is 5.44. The summed E-state index contributed by atoms with van der Waals surface area (Å²) in [4.78, 5) is 0. The molecule has 0 aliphatic rings. The highest BCUT2D eigenvalue weighted by Gasteiger charge is 2.07. The van der Waals surface area contributed by atoms with E-state index >= 15 is 0 Å².